The summed E-state index contributed by atoms with van der Waals surface area (Å²) in [6, 6.07) is 28.4. The molecule has 0 saturated heterocycles. The molecular formula is C28H20N6O6S2. The zero-order valence-corrected chi connectivity index (χ0v) is 23.1. The van der Waals surface area contributed by atoms with E-state index in [1.54, 1.807) is 48.5 Å². The summed E-state index contributed by atoms with van der Waals surface area (Å²) in [5.41, 5.74) is 2.78. The van der Waals surface area contributed by atoms with Crippen molar-refractivity contribution in [2.75, 3.05) is 0 Å². The number of azo groups is 3. The second-order valence-electron chi connectivity index (χ2n) is 8.74. The fourth-order valence-corrected chi connectivity index (χ4v) is 4.70. The fourth-order valence-electron chi connectivity index (χ4n) is 3.71. The third-order valence-electron chi connectivity index (χ3n) is 5.76. The normalized spacial score (nSPS) is 12.6. The molecule has 0 saturated carbocycles. The molecule has 5 rings (SSSR count). The van der Waals surface area contributed by atoms with Gasteiger partial charge < -0.3 is 0 Å². The number of hydrogen-bond donors (Lipinski definition) is 2. The van der Waals surface area contributed by atoms with Crippen molar-refractivity contribution in [3.05, 3.63) is 109 Å². The molecule has 0 radical (unpaired) electrons. The van der Waals surface area contributed by atoms with E-state index in [1.807, 2.05) is 18.2 Å². The average Bonchev–Trinajstić information content (AvgIpc) is 2.98. The molecule has 0 aromatic heterocycles. The van der Waals surface area contributed by atoms with E-state index in [0.29, 0.717) is 44.9 Å². The molecule has 42 heavy (non-hydrogen) atoms. The molecule has 0 atom stereocenters. The van der Waals surface area contributed by atoms with Gasteiger partial charge in [0.25, 0.3) is 20.2 Å². The van der Waals surface area contributed by atoms with E-state index >= 15 is 0 Å². The zero-order chi connectivity index (χ0) is 29.7. The van der Waals surface area contributed by atoms with Crippen LogP contribution in [0.15, 0.2) is 150 Å². The van der Waals surface area contributed by atoms with Gasteiger partial charge >= 0.3 is 0 Å². The highest BCUT2D eigenvalue weighted by atomic mass is 32.2. The third-order valence-corrected chi connectivity index (χ3v) is 7.48. The van der Waals surface area contributed by atoms with Crippen LogP contribution in [0.3, 0.4) is 0 Å². The van der Waals surface area contributed by atoms with Gasteiger partial charge in [-0.05, 0) is 90.3 Å². The second kappa shape index (κ2) is 11.8. The summed E-state index contributed by atoms with van der Waals surface area (Å²) in [6.45, 7) is 0. The van der Waals surface area contributed by atoms with Crippen LogP contribution in [0.1, 0.15) is 0 Å². The van der Waals surface area contributed by atoms with Gasteiger partial charge in [0, 0.05) is 5.39 Å². The molecule has 210 valence electrons. The molecule has 0 heterocycles. The summed E-state index contributed by atoms with van der Waals surface area (Å²) in [7, 11) is -8.71. The van der Waals surface area contributed by atoms with Gasteiger partial charge in [-0.1, -0.05) is 24.3 Å². The highest BCUT2D eigenvalue weighted by molar-refractivity contribution is 7.86. The maximum Gasteiger partial charge on any atom is 0.294 e. The first-order chi connectivity index (χ1) is 20.0. The van der Waals surface area contributed by atoms with E-state index in [4.69, 9.17) is 4.55 Å². The van der Waals surface area contributed by atoms with Crippen molar-refractivity contribution >= 4 is 65.1 Å². The highest BCUT2D eigenvalue weighted by Gasteiger charge is 2.13. The SMILES string of the molecule is O=S(=O)(O)c1ccc(N=Nc2ccc(N=Nc3cc(N=Nc4ccccc4)c4cc(S(=O)(=O)O)ccc4c3)cc2)cc1. The Morgan fingerprint density at radius 1 is 0.429 bits per heavy atom. The summed E-state index contributed by atoms with van der Waals surface area (Å²) >= 11 is 0. The first-order valence-corrected chi connectivity index (χ1v) is 15.0. The van der Waals surface area contributed by atoms with Crippen LogP contribution in [-0.2, 0) is 20.2 Å². The van der Waals surface area contributed by atoms with Crippen molar-refractivity contribution in [1.82, 2.24) is 0 Å². The Hall–Kier alpha value is -5.02. The first kappa shape index (κ1) is 28.5. The van der Waals surface area contributed by atoms with Crippen molar-refractivity contribution in [2.24, 2.45) is 30.7 Å². The Bertz CT molecular complexity index is 2060. The quantitative estimate of drug-likeness (QED) is 0.133. The van der Waals surface area contributed by atoms with Gasteiger partial charge in [0.1, 0.15) is 0 Å². The molecule has 14 heteroatoms. The van der Waals surface area contributed by atoms with E-state index in [0.717, 1.165) is 0 Å². The van der Waals surface area contributed by atoms with Crippen LogP contribution >= 0.6 is 0 Å². The fraction of sp³-hybridized carbons (Fsp3) is 0. The number of benzene rings is 5. The van der Waals surface area contributed by atoms with E-state index in [-0.39, 0.29) is 9.79 Å². The van der Waals surface area contributed by atoms with Crippen molar-refractivity contribution in [1.29, 1.82) is 0 Å². The van der Waals surface area contributed by atoms with Crippen molar-refractivity contribution in [3.8, 4) is 0 Å². The summed E-state index contributed by atoms with van der Waals surface area (Å²) in [5, 5.41) is 26.3. The molecule has 5 aromatic rings. The van der Waals surface area contributed by atoms with Crippen molar-refractivity contribution < 1.29 is 25.9 Å². The first-order valence-electron chi connectivity index (χ1n) is 12.1. The third kappa shape index (κ3) is 7.18. The molecule has 0 spiro atoms. The Morgan fingerprint density at radius 2 is 0.881 bits per heavy atom. The molecule has 0 fully saturated rings. The van der Waals surface area contributed by atoms with Gasteiger partial charge in [-0.3, -0.25) is 9.11 Å². The topological polar surface area (TPSA) is 183 Å². The number of fused-ring (bicyclic) bond motifs is 1. The zero-order valence-electron chi connectivity index (χ0n) is 21.4. The van der Waals surface area contributed by atoms with Crippen molar-refractivity contribution in [3.63, 3.8) is 0 Å². The second-order valence-corrected chi connectivity index (χ2v) is 11.6. The average molecular weight is 601 g/mol. The Morgan fingerprint density at radius 3 is 1.43 bits per heavy atom. The number of hydrogen-bond acceptors (Lipinski definition) is 10. The molecular weight excluding hydrogens is 580 g/mol. The van der Waals surface area contributed by atoms with Crippen LogP contribution < -0.4 is 0 Å². The van der Waals surface area contributed by atoms with Gasteiger partial charge in [0.2, 0.25) is 0 Å². The molecule has 0 aliphatic heterocycles. The van der Waals surface area contributed by atoms with Crippen LogP contribution in [0.2, 0.25) is 0 Å². The summed E-state index contributed by atoms with van der Waals surface area (Å²) in [6.07, 6.45) is 0. The van der Waals surface area contributed by atoms with Crippen LogP contribution in [-0.4, -0.2) is 25.9 Å². The molecule has 5 aromatic carbocycles. The summed E-state index contributed by atoms with van der Waals surface area (Å²) < 4.78 is 64.3. The molecule has 0 bridgehead atoms. The molecule has 0 aliphatic rings. The minimum Gasteiger partial charge on any atom is -0.282 e. The van der Waals surface area contributed by atoms with E-state index < -0.39 is 20.2 Å². The lowest BCUT2D eigenvalue weighted by molar-refractivity contribution is 0.481. The lowest BCUT2D eigenvalue weighted by atomic mass is 10.1. The smallest absolute Gasteiger partial charge is 0.282 e. The lowest BCUT2D eigenvalue weighted by Crippen LogP contribution is -1.97. The number of nitrogens with zero attached hydrogens (tertiary/aromatic N) is 6. The van der Waals surface area contributed by atoms with Crippen molar-refractivity contribution in [2.45, 2.75) is 9.79 Å². The predicted octanol–water partition coefficient (Wildman–Crippen LogP) is 8.58. The van der Waals surface area contributed by atoms with Crippen LogP contribution in [0, 0.1) is 0 Å². The maximum atomic E-state index is 11.7. The van der Waals surface area contributed by atoms with Gasteiger partial charge in [0.15, 0.2) is 0 Å². The van der Waals surface area contributed by atoms with Crippen LogP contribution in [0.5, 0.6) is 0 Å². The molecule has 12 nitrogen and oxygen atoms in total. The largest absolute Gasteiger partial charge is 0.294 e. The lowest BCUT2D eigenvalue weighted by Gasteiger charge is -2.06. The van der Waals surface area contributed by atoms with E-state index in [2.05, 4.69) is 30.7 Å². The summed E-state index contributed by atoms with van der Waals surface area (Å²) in [4.78, 5) is -0.510. The number of rotatable bonds is 8. The van der Waals surface area contributed by atoms with Gasteiger partial charge in [-0.25, -0.2) is 0 Å². The summed E-state index contributed by atoms with van der Waals surface area (Å²) in [5.74, 6) is 0. The minimum atomic E-state index is -4.42. The predicted molar refractivity (Wildman–Crippen MR) is 155 cm³/mol. The van der Waals surface area contributed by atoms with Gasteiger partial charge in [-0.2, -0.15) is 42.4 Å². The Labute approximate surface area is 240 Å². The molecule has 2 N–H and O–H groups in total. The minimum absolute atomic E-state index is 0.239. The highest BCUT2D eigenvalue weighted by Crippen LogP contribution is 2.35. The van der Waals surface area contributed by atoms with E-state index in [9.17, 15) is 21.4 Å². The monoisotopic (exact) mass is 600 g/mol. The van der Waals surface area contributed by atoms with Gasteiger partial charge in [-0.15, -0.1) is 5.11 Å². The molecule has 0 unspecified atom stereocenters. The van der Waals surface area contributed by atoms with Gasteiger partial charge in [0.05, 0.1) is 43.9 Å². The Kier molecular flexibility index (Phi) is 8.04. The Balaban J connectivity index is 1.39. The molecule has 0 aliphatic carbocycles. The maximum absolute atomic E-state index is 11.7. The molecule has 0 amide bonds. The standard InChI is InChI=1S/C28H20N6O6S2/c35-41(36,37)25-14-11-23(12-15-25)30-29-21-7-9-22(10-8-21)31-33-24-16-19-6-13-26(42(38,39)40)18-27(19)28(17-24)34-32-20-4-2-1-3-5-20/h1-18H,(H,35,36,37)(H,38,39,40). The van der Waals surface area contributed by atoms with E-state index in [1.165, 1.54) is 42.5 Å². The van der Waals surface area contributed by atoms with Crippen LogP contribution in [0.4, 0.5) is 34.1 Å². The van der Waals surface area contributed by atoms with Crippen LogP contribution in [0.25, 0.3) is 10.8 Å².